The number of nitriles is 1. The number of halogens is 1. The Hall–Kier alpha value is -3.08. The van der Waals surface area contributed by atoms with Gasteiger partial charge in [0, 0.05) is 43.5 Å². The zero-order valence-electron chi connectivity index (χ0n) is 23.9. The Labute approximate surface area is 252 Å². The first kappa shape index (κ1) is 30.4. The van der Waals surface area contributed by atoms with E-state index in [0.717, 1.165) is 31.2 Å². The first-order chi connectivity index (χ1) is 20.1. The van der Waals surface area contributed by atoms with Gasteiger partial charge >= 0.3 is 0 Å². The minimum absolute atomic E-state index is 0.0246. The van der Waals surface area contributed by atoms with Crippen molar-refractivity contribution in [1.29, 1.82) is 5.26 Å². The van der Waals surface area contributed by atoms with Gasteiger partial charge in [-0.05, 0) is 70.1 Å². The van der Waals surface area contributed by atoms with E-state index in [0.29, 0.717) is 72.0 Å². The number of aromatic nitrogens is 4. The van der Waals surface area contributed by atoms with Gasteiger partial charge in [0.1, 0.15) is 6.07 Å². The predicted octanol–water partition coefficient (Wildman–Crippen LogP) is 3.86. The third-order valence-electron chi connectivity index (χ3n) is 8.23. The highest BCUT2D eigenvalue weighted by atomic mass is 35.5. The molecule has 224 valence electrons. The van der Waals surface area contributed by atoms with E-state index in [9.17, 15) is 18.8 Å². The van der Waals surface area contributed by atoms with Crippen molar-refractivity contribution in [3.8, 4) is 23.0 Å². The number of anilines is 1. The molecule has 0 unspecified atom stereocenters. The number of nitrogens with zero attached hydrogens (tertiary/aromatic N) is 6. The topological polar surface area (TPSA) is 149 Å². The molecule has 0 atom stereocenters. The maximum atomic E-state index is 12.2. The molecule has 3 N–H and O–H groups in total. The van der Waals surface area contributed by atoms with Gasteiger partial charge in [-0.25, -0.2) is 27.4 Å². The van der Waals surface area contributed by atoms with Crippen LogP contribution in [0.4, 0.5) is 5.95 Å². The maximum Gasteiger partial charge on any atom is 0.223 e. The average molecular weight is 613 g/mol. The number of rotatable bonds is 9. The van der Waals surface area contributed by atoms with Crippen LogP contribution in [0.5, 0.6) is 0 Å². The van der Waals surface area contributed by atoms with Gasteiger partial charge in [-0.15, -0.1) is 0 Å². The molecule has 3 heterocycles. The Kier molecular flexibility index (Phi) is 9.15. The van der Waals surface area contributed by atoms with Crippen molar-refractivity contribution < 1.29 is 13.5 Å². The molecule has 42 heavy (non-hydrogen) atoms. The van der Waals surface area contributed by atoms with E-state index in [1.54, 1.807) is 24.0 Å². The zero-order chi connectivity index (χ0) is 29.9. The first-order valence-electron chi connectivity index (χ1n) is 14.4. The highest BCUT2D eigenvalue weighted by molar-refractivity contribution is 7.89. The molecule has 2 aliphatic rings. The molecule has 0 bridgehead atoms. The van der Waals surface area contributed by atoms with Crippen molar-refractivity contribution in [2.24, 2.45) is 0 Å². The van der Waals surface area contributed by atoms with Crippen molar-refractivity contribution >= 4 is 27.6 Å². The van der Waals surface area contributed by atoms with Crippen molar-refractivity contribution in [3.63, 3.8) is 0 Å². The molecule has 2 aromatic heterocycles. The van der Waals surface area contributed by atoms with Crippen LogP contribution in [-0.2, 0) is 16.6 Å². The number of hydrogen-bond donors (Lipinski definition) is 3. The summed E-state index contributed by atoms with van der Waals surface area (Å²) in [4.78, 5) is 8.94. The molecule has 1 saturated heterocycles. The number of benzene rings is 1. The van der Waals surface area contributed by atoms with Crippen LogP contribution < -0.4 is 10.6 Å². The van der Waals surface area contributed by atoms with Gasteiger partial charge < -0.3 is 15.7 Å². The Morgan fingerprint density at radius 1 is 1.17 bits per heavy atom. The molecule has 1 aliphatic carbocycles. The standard InChI is InChI=1S/C29H37ClN8O3S/c1-3-42(40,41)37-12-8-24(9-13-37)35-28-33-17-21(15-31)27(36-28)22-18-34-38(19-22)26-5-4-20(14-25(26)30)16-32-23-6-10-29(2,39)11-7-23/h4-5,14,17-19,23-24,32,39H,3,6-13,16H2,1-2H3,(H,33,35,36). The lowest BCUT2D eigenvalue weighted by atomic mass is 9.83. The molecule has 5 rings (SSSR count). The van der Waals surface area contributed by atoms with Crippen molar-refractivity contribution in [3.05, 3.63) is 52.9 Å². The predicted molar refractivity (Wildman–Crippen MR) is 162 cm³/mol. The largest absolute Gasteiger partial charge is 0.390 e. The number of piperidine rings is 1. The molecule has 2 fully saturated rings. The van der Waals surface area contributed by atoms with Crippen LogP contribution >= 0.6 is 11.6 Å². The molecular weight excluding hydrogens is 576 g/mol. The number of sulfonamides is 1. The van der Waals surface area contributed by atoms with Gasteiger partial charge in [-0.1, -0.05) is 17.7 Å². The van der Waals surface area contributed by atoms with Crippen LogP contribution in [0, 0.1) is 11.3 Å². The van der Waals surface area contributed by atoms with Gasteiger partial charge in [0.05, 0.1) is 45.7 Å². The third kappa shape index (κ3) is 7.10. The van der Waals surface area contributed by atoms with E-state index >= 15 is 0 Å². The summed E-state index contributed by atoms with van der Waals surface area (Å²) in [6.45, 7) is 5.14. The Bertz CT molecular complexity index is 1550. The van der Waals surface area contributed by atoms with Crippen LogP contribution in [0.3, 0.4) is 0 Å². The van der Waals surface area contributed by atoms with Crippen molar-refractivity contribution in [2.75, 3.05) is 24.2 Å². The summed E-state index contributed by atoms with van der Waals surface area (Å²) < 4.78 is 27.5. The monoisotopic (exact) mass is 612 g/mol. The fraction of sp³-hybridized carbons (Fsp3) is 0.517. The lowest BCUT2D eigenvalue weighted by Gasteiger charge is -2.33. The summed E-state index contributed by atoms with van der Waals surface area (Å²) in [6, 6.07) is 8.42. The zero-order valence-corrected chi connectivity index (χ0v) is 25.5. The second kappa shape index (κ2) is 12.7. The molecule has 1 saturated carbocycles. The SMILES string of the molecule is CCS(=O)(=O)N1CCC(Nc2ncc(C#N)c(-c3cnn(-c4ccc(CNC5CCC(C)(O)CC5)cc4Cl)c3)n2)CC1. The fourth-order valence-corrected chi connectivity index (χ4v) is 6.95. The average Bonchev–Trinajstić information content (AvgIpc) is 3.47. The number of nitrogens with one attached hydrogen (secondary N) is 2. The van der Waals surface area contributed by atoms with Crippen LogP contribution in [0.1, 0.15) is 63.5 Å². The number of hydrogen-bond acceptors (Lipinski definition) is 9. The normalized spacial score (nSPS) is 22.1. The van der Waals surface area contributed by atoms with Crippen LogP contribution in [0.25, 0.3) is 16.9 Å². The van der Waals surface area contributed by atoms with Crippen LogP contribution in [0.15, 0.2) is 36.8 Å². The summed E-state index contributed by atoms with van der Waals surface area (Å²) >= 11 is 6.67. The van der Waals surface area contributed by atoms with Crippen LogP contribution in [0.2, 0.25) is 5.02 Å². The molecule has 0 amide bonds. The lowest BCUT2D eigenvalue weighted by Crippen LogP contribution is -2.43. The minimum Gasteiger partial charge on any atom is -0.390 e. The summed E-state index contributed by atoms with van der Waals surface area (Å²) in [7, 11) is -3.20. The lowest BCUT2D eigenvalue weighted by molar-refractivity contribution is 0.0140. The van der Waals surface area contributed by atoms with Gasteiger partial charge in [0.15, 0.2) is 0 Å². The quantitative estimate of drug-likeness (QED) is 0.327. The Morgan fingerprint density at radius 2 is 1.90 bits per heavy atom. The summed E-state index contributed by atoms with van der Waals surface area (Å²) in [5.74, 6) is 0.476. The van der Waals surface area contributed by atoms with E-state index in [1.807, 2.05) is 25.1 Å². The fourth-order valence-electron chi connectivity index (χ4n) is 5.53. The minimum atomic E-state index is -3.20. The molecule has 1 aliphatic heterocycles. The van der Waals surface area contributed by atoms with Gasteiger partial charge in [-0.3, -0.25) is 0 Å². The maximum absolute atomic E-state index is 12.2. The Morgan fingerprint density at radius 3 is 2.57 bits per heavy atom. The Balaban J connectivity index is 1.25. The second-order valence-corrected chi connectivity index (χ2v) is 14.1. The summed E-state index contributed by atoms with van der Waals surface area (Å²) in [5.41, 5.74) is 2.64. The van der Waals surface area contributed by atoms with Crippen molar-refractivity contribution in [1.82, 2.24) is 29.4 Å². The first-order valence-corrected chi connectivity index (χ1v) is 16.4. The highest BCUT2D eigenvalue weighted by Gasteiger charge is 2.29. The van der Waals surface area contributed by atoms with E-state index in [4.69, 9.17) is 11.6 Å². The van der Waals surface area contributed by atoms with Crippen LogP contribution in [-0.4, -0.2) is 74.1 Å². The van der Waals surface area contributed by atoms with Gasteiger partial charge in [-0.2, -0.15) is 10.4 Å². The van der Waals surface area contributed by atoms with Gasteiger partial charge in [0.25, 0.3) is 0 Å². The smallest absolute Gasteiger partial charge is 0.223 e. The van der Waals surface area contributed by atoms with Gasteiger partial charge in [0.2, 0.25) is 16.0 Å². The molecule has 0 spiro atoms. The molecule has 13 heteroatoms. The number of aliphatic hydroxyl groups is 1. The summed E-state index contributed by atoms with van der Waals surface area (Å²) in [6.07, 6.45) is 9.69. The molecule has 0 radical (unpaired) electrons. The second-order valence-electron chi connectivity index (χ2n) is 11.4. The van der Waals surface area contributed by atoms with E-state index in [1.165, 1.54) is 10.5 Å². The molecule has 3 aromatic rings. The van der Waals surface area contributed by atoms with E-state index in [2.05, 4.69) is 31.8 Å². The highest BCUT2D eigenvalue weighted by Crippen LogP contribution is 2.29. The molecule has 1 aromatic carbocycles. The molecule has 11 nitrogen and oxygen atoms in total. The summed E-state index contributed by atoms with van der Waals surface area (Å²) in [5, 5.41) is 31.8. The molecular formula is C29H37ClN8O3S. The van der Waals surface area contributed by atoms with Crippen molar-refractivity contribution in [2.45, 2.75) is 76.6 Å². The van der Waals surface area contributed by atoms with E-state index in [-0.39, 0.29) is 11.8 Å². The third-order valence-corrected chi connectivity index (χ3v) is 10.4. The van der Waals surface area contributed by atoms with E-state index < -0.39 is 15.6 Å².